The fourth-order valence-corrected chi connectivity index (χ4v) is 2.33. The van der Waals surface area contributed by atoms with Gasteiger partial charge < -0.3 is 15.1 Å². The number of nitrogens with one attached hydrogen (secondary N) is 2. The molecule has 2 unspecified atom stereocenters. The van der Waals surface area contributed by atoms with Crippen LogP contribution in [0.15, 0.2) is 10.5 Å². The summed E-state index contributed by atoms with van der Waals surface area (Å²) in [5.41, 5.74) is 0.660. The first-order valence-corrected chi connectivity index (χ1v) is 6.16. The Hall–Kier alpha value is -1.000. The molecule has 102 valence electrons. The third-order valence-electron chi connectivity index (χ3n) is 3.39. The van der Waals surface area contributed by atoms with Gasteiger partial charge in [-0.05, 0) is 45.3 Å². The van der Waals surface area contributed by atoms with Crippen LogP contribution in [0.25, 0.3) is 0 Å². The lowest BCUT2D eigenvalue weighted by atomic mass is 9.95. The second-order valence-corrected chi connectivity index (χ2v) is 4.88. The van der Waals surface area contributed by atoms with E-state index in [1.807, 2.05) is 13.8 Å². The molecule has 0 aliphatic carbocycles. The quantitative estimate of drug-likeness (QED) is 0.866. The van der Waals surface area contributed by atoms with E-state index in [9.17, 15) is 4.79 Å². The van der Waals surface area contributed by atoms with Crippen LogP contribution in [0.1, 0.15) is 35.2 Å². The van der Waals surface area contributed by atoms with Gasteiger partial charge in [-0.3, -0.25) is 4.79 Å². The molecule has 1 amide bonds. The zero-order valence-electron chi connectivity index (χ0n) is 11.1. The normalized spacial score (nSPS) is 23.3. The van der Waals surface area contributed by atoms with Crippen molar-refractivity contribution in [2.24, 2.45) is 5.92 Å². The van der Waals surface area contributed by atoms with Crippen LogP contribution in [-0.2, 0) is 0 Å². The average Bonchev–Trinajstić information content (AvgIpc) is 2.61. The molecule has 0 spiro atoms. The number of hydrogen-bond donors (Lipinski definition) is 2. The molecule has 4 nitrogen and oxygen atoms in total. The smallest absolute Gasteiger partial charge is 0.255 e. The Labute approximate surface area is 114 Å². The van der Waals surface area contributed by atoms with Crippen molar-refractivity contribution >= 4 is 18.3 Å². The molecule has 1 fully saturated rings. The van der Waals surface area contributed by atoms with Gasteiger partial charge in [0.25, 0.3) is 5.91 Å². The highest BCUT2D eigenvalue weighted by Gasteiger charge is 2.24. The predicted molar refractivity (Wildman–Crippen MR) is 73.3 cm³/mol. The van der Waals surface area contributed by atoms with Crippen molar-refractivity contribution in [3.63, 3.8) is 0 Å². The van der Waals surface area contributed by atoms with Gasteiger partial charge in [-0.1, -0.05) is 6.92 Å². The summed E-state index contributed by atoms with van der Waals surface area (Å²) in [5.74, 6) is 1.94. The standard InChI is InChI=1S/C13H20N2O2.ClH/c1-8-7-14-5-4-12(8)15-13(16)11-6-9(2)17-10(11)3;/h6,8,12,14H,4-5,7H2,1-3H3,(H,15,16);1H. The zero-order chi connectivity index (χ0) is 12.4. The minimum Gasteiger partial charge on any atom is -0.466 e. The van der Waals surface area contributed by atoms with E-state index < -0.39 is 0 Å². The minimum atomic E-state index is -0.0156. The van der Waals surface area contributed by atoms with Crippen LogP contribution < -0.4 is 10.6 Å². The number of hydrogen-bond acceptors (Lipinski definition) is 3. The second-order valence-electron chi connectivity index (χ2n) is 4.88. The van der Waals surface area contributed by atoms with Crippen LogP contribution >= 0.6 is 12.4 Å². The van der Waals surface area contributed by atoms with Gasteiger partial charge in [0.15, 0.2) is 0 Å². The summed E-state index contributed by atoms with van der Waals surface area (Å²) in [4.78, 5) is 12.1. The Kier molecular flexibility index (Phi) is 5.23. The molecule has 1 aliphatic heterocycles. The van der Waals surface area contributed by atoms with Gasteiger partial charge in [-0.15, -0.1) is 12.4 Å². The number of furan rings is 1. The molecule has 0 radical (unpaired) electrons. The lowest BCUT2D eigenvalue weighted by molar-refractivity contribution is 0.0912. The first-order valence-electron chi connectivity index (χ1n) is 6.16. The molecule has 1 aliphatic rings. The molecule has 5 heteroatoms. The van der Waals surface area contributed by atoms with Crippen molar-refractivity contribution in [2.45, 2.75) is 33.2 Å². The van der Waals surface area contributed by atoms with Crippen LogP contribution in [0.5, 0.6) is 0 Å². The van der Waals surface area contributed by atoms with Gasteiger partial charge in [0.1, 0.15) is 11.5 Å². The van der Waals surface area contributed by atoms with E-state index in [2.05, 4.69) is 17.6 Å². The van der Waals surface area contributed by atoms with Crippen molar-refractivity contribution < 1.29 is 9.21 Å². The lowest BCUT2D eigenvalue weighted by Gasteiger charge is -2.30. The fourth-order valence-electron chi connectivity index (χ4n) is 2.33. The molecule has 2 N–H and O–H groups in total. The summed E-state index contributed by atoms with van der Waals surface area (Å²) in [5, 5.41) is 6.42. The van der Waals surface area contributed by atoms with E-state index in [-0.39, 0.29) is 24.4 Å². The molecule has 0 aromatic carbocycles. The summed E-state index contributed by atoms with van der Waals surface area (Å²) in [6.45, 7) is 7.78. The first kappa shape index (κ1) is 15.1. The highest BCUT2D eigenvalue weighted by molar-refractivity contribution is 5.95. The first-order chi connectivity index (χ1) is 8.08. The average molecular weight is 273 g/mol. The van der Waals surface area contributed by atoms with Gasteiger partial charge in [-0.25, -0.2) is 0 Å². The highest BCUT2D eigenvalue weighted by Crippen LogP contribution is 2.16. The maximum absolute atomic E-state index is 12.1. The predicted octanol–water partition coefficient (Wildman–Crippen LogP) is 2.05. The number of aryl methyl sites for hydroxylation is 2. The summed E-state index contributed by atoms with van der Waals surface area (Å²) < 4.78 is 5.38. The number of carbonyl (C=O) groups is 1. The molecule has 0 saturated carbocycles. The van der Waals surface area contributed by atoms with E-state index in [1.165, 1.54) is 0 Å². The van der Waals surface area contributed by atoms with Crippen LogP contribution in [0.2, 0.25) is 0 Å². The van der Waals surface area contributed by atoms with Crippen molar-refractivity contribution in [3.05, 3.63) is 23.2 Å². The van der Waals surface area contributed by atoms with Crippen molar-refractivity contribution in [1.82, 2.24) is 10.6 Å². The molecular weight excluding hydrogens is 252 g/mol. The van der Waals surface area contributed by atoms with Gasteiger partial charge >= 0.3 is 0 Å². The molecule has 1 aromatic heterocycles. The van der Waals surface area contributed by atoms with E-state index in [4.69, 9.17) is 4.42 Å². The van der Waals surface area contributed by atoms with Crippen molar-refractivity contribution in [3.8, 4) is 0 Å². The number of rotatable bonds is 2. The summed E-state index contributed by atoms with van der Waals surface area (Å²) >= 11 is 0. The summed E-state index contributed by atoms with van der Waals surface area (Å²) in [6.07, 6.45) is 0.989. The van der Waals surface area contributed by atoms with Crippen LogP contribution in [0, 0.1) is 19.8 Å². The maximum Gasteiger partial charge on any atom is 0.255 e. The Morgan fingerprint density at radius 3 is 2.78 bits per heavy atom. The zero-order valence-corrected chi connectivity index (χ0v) is 11.9. The van der Waals surface area contributed by atoms with Crippen molar-refractivity contribution in [1.29, 1.82) is 0 Å². The Morgan fingerprint density at radius 2 is 2.22 bits per heavy atom. The molecule has 18 heavy (non-hydrogen) atoms. The molecule has 1 saturated heterocycles. The fraction of sp³-hybridized carbons (Fsp3) is 0.615. The lowest BCUT2D eigenvalue weighted by Crippen LogP contribution is -2.48. The topological polar surface area (TPSA) is 54.3 Å². The van der Waals surface area contributed by atoms with Gasteiger partial charge in [0, 0.05) is 6.04 Å². The molecular formula is C13H21ClN2O2. The largest absolute Gasteiger partial charge is 0.466 e. The SMILES string of the molecule is Cc1cc(C(=O)NC2CCNCC2C)c(C)o1.Cl. The molecule has 2 rings (SSSR count). The van der Waals surface area contributed by atoms with E-state index in [0.29, 0.717) is 17.2 Å². The molecule has 1 aromatic rings. The minimum absolute atomic E-state index is 0. The second kappa shape index (κ2) is 6.25. The highest BCUT2D eigenvalue weighted by atomic mass is 35.5. The number of carbonyl (C=O) groups excluding carboxylic acids is 1. The number of amides is 1. The van der Waals surface area contributed by atoms with Crippen LogP contribution in [0.4, 0.5) is 0 Å². The maximum atomic E-state index is 12.1. The van der Waals surface area contributed by atoms with Gasteiger partial charge in [0.2, 0.25) is 0 Å². The van der Waals surface area contributed by atoms with Gasteiger partial charge in [0.05, 0.1) is 5.56 Å². The number of halogens is 1. The Bertz CT molecular complexity index is 417. The third kappa shape index (κ3) is 3.27. The third-order valence-corrected chi connectivity index (χ3v) is 3.39. The monoisotopic (exact) mass is 272 g/mol. The number of piperidine rings is 1. The Balaban J connectivity index is 0.00000162. The van der Waals surface area contributed by atoms with Gasteiger partial charge in [-0.2, -0.15) is 0 Å². The van der Waals surface area contributed by atoms with E-state index >= 15 is 0 Å². The van der Waals surface area contributed by atoms with E-state index in [0.717, 1.165) is 25.3 Å². The van der Waals surface area contributed by atoms with E-state index in [1.54, 1.807) is 6.07 Å². The Morgan fingerprint density at radius 1 is 1.50 bits per heavy atom. The molecule has 2 heterocycles. The molecule has 0 bridgehead atoms. The molecule has 2 atom stereocenters. The van der Waals surface area contributed by atoms with Crippen molar-refractivity contribution in [2.75, 3.05) is 13.1 Å². The summed E-state index contributed by atoms with van der Waals surface area (Å²) in [6, 6.07) is 2.06. The van der Waals surface area contributed by atoms with Crippen LogP contribution in [0.3, 0.4) is 0 Å². The van der Waals surface area contributed by atoms with Crippen LogP contribution in [-0.4, -0.2) is 25.0 Å². The summed E-state index contributed by atoms with van der Waals surface area (Å²) in [7, 11) is 0.